The van der Waals surface area contributed by atoms with Crippen LogP contribution in [0.4, 0.5) is 5.69 Å². The number of rotatable bonds is 5. The molecule has 0 aliphatic heterocycles. The Balaban J connectivity index is 1.69. The molecule has 3 N–H and O–H groups in total. The minimum absolute atomic E-state index is 0.110. The van der Waals surface area contributed by atoms with Gasteiger partial charge in [0.05, 0.1) is 27.4 Å². The lowest BCUT2D eigenvalue weighted by Crippen LogP contribution is -2.41. The number of hydrogen-bond acceptors (Lipinski definition) is 4. The quantitative estimate of drug-likeness (QED) is 0.672. The molecule has 0 radical (unpaired) electrons. The molecule has 1 amide bonds. The lowest BCUT2D eigenvalue weighted by molar-refractivity contribution is -0.00257. The van der Waals surface area contributed by atoms with Gasteiger partial charge in [0.1, 0.15) is 0 Å². The fourth-order valence-electron chi connectivity index (χ4n) is 3.91. The molecule has 152 valence electrons. The molecule has 0 atom stereocenters. The Bertz CT molecular complexity index is 853. The van der Waals surface area contributed by atoms with E-state index >= 15 is 0 Å². The zero-order valence-corrected chi connectivity index (χ0v) is 17.8. The van der Waals surface area contributed by atoms with E-state index in [2.05, 4.69) is 29.5 Å². The van der Waals surface area contributed by atoms with Gasteiger partial charge in [0, 0.05) is 23.7 Å². The second-order valence-corrected chi connectivity index (χ2v) is 9.13. The van der Waals surface area contributed by atoms with Gasteiger partial charge >= 0.3 is 0 Å². The van der Waals surface area contributed by atoms with Crippen molar-refractivity contribution in [1.82, 2.24) is 10.3 Å². The lowest BCUT2D eigenvalue weighted by Gasteiger charge is -2.36. The van der Waals surface area contributed by atoms with Crippen LogP contribution in [-0.2, 0) is 0 Å². The van der Waals surface area contributed by atoms with Crippen molar-refractivity contribution in [2.45, 2.75) is 71.1 Å². The summed E-state index contributed by atoms with van der Waals surface area (Å²) in [4.78, 5) is 17.1. The molecule has 6 heteroatoms. The second-order valence-electron chi connectivity index (χ2n) is 8.72. The predicted molar refractivity (Wildman–Crippen MR) is 115 cm³/mol. The molecular weight excluding hydrogens is 374 g/mol. The lowest BCUT2D eigenvalue weighted by atomic mass is 9.77. The van der Waals surface area contributed by atoms with Gasteiger partial charge in [-0.3, -0.25) is 9.78 Å². The summed E-state index contributed by atoms with van der Waals surface area (Å²) >= 11 is 6.37. The molecule has 5 nitrogen and oxygen atoms in total. The average molecular weight is 404 g/mol. The number of nitrogens with zero attached hydrogens (tertiary/aromatic N) is 1. The molecule has 0 bridgehead atoms. The second kappa shape index (κ2) is 8.26. The fraction of sp³-hybridized carbons (Fsp3) is 0.545. The van der Waals surface area contributed by atoms with Gasteiger partial charge in [-0.25, -0.2) is 0 Å². The maximum absolute atomic E-state index is 12.7. The zero-order chi connectivity index (χ0) is 20.5. The molecule has 2 aromatic rings. The Labute approximate surface area is 171 Å². The molecule has 1 heterocycles. The number of pyridine rings is 1. The summed E-state index contributed by atoms with van der Waals surface area (Å²) in [5, 5.41) is 18.0. The SMILES string of the molecule is CC(C)Nc1cc2ncc(C(=O)NC3CCC(C(C)(C)O)CC3)cc2cc1Cl. The van der Waals surface area contributed by atoms with E-state index in [0.717, 1.165) is 42.3 Å². The molecular formula is C22H30ClN3O2. The van der Waals surface area contributed by atoms with Gasteiger partial charge in [-0.2, -0.15) is 0 Å². The summed E-state index contributed by atoms with van der Waals surface area (Å²) in [6, 6.07) is 6.01. The van der Waals surface area contributed by atoms with E-state index in [-0.39, 0.29) is 18.0 Å². The average Bonchev–Trinajstić information content (AvgIpc) is 2.61. The van der Waals surface area contributed by atoms with Gasteiger partial charge in [0.15, 0.2) is 0 Å². The molecule has 1 aromatic heterocycles. The first-order valence-corrected chi connectivity index (χ1v) is 10.4. The Kier molecular flexibility index (Phi) is 6.15. The molecule has 28 heavy (non-hydrogen) atoms. The maximum Gasteiger partial charge on any atom is 0.253 e. The molecule has 1 fully saturated rings. The summed E-state index contributed by atoms with van der Waals surface area (Å²) in [7, 11) is 0. The van der Waals surface area contributed by atoms with E-state index in [9.17, 15) is 9.90 Å². The third kappa shape index (κ3) is 4.95. The summed E-state index contributed by atoms with van der Waals surface area (Å²) in [6.45, 7) is 7.84. The van der Waals surface area contributed by atoms with Crippen LogP contribution in [-0.4, -0.2) is 33.7 Å². The van der Waals surface area contributed by atoms with Crippen molar-refractivity contribution in [3.05, 3.63) is 35.0 Å². The monoisotopic (exact) mass is 403 g/mol. The number of carbonyl (C=O) groups is 1. The molecule has 0 saturated heterocycles. The van der Waals surface area contributed by atoms with Crippen LogP contribution in [0.2, 0.25) is 5.02 Å². The number of carbonyl (C=O) groups excluding carboxylic acids is 1. The maximum atomic E-state index is 12.7. The summed E-state index contributed by atoms with van der Waals surface area (Å²) in [5.74, 6) is 0.181. The third-order valence-electron chi connectivity index (χ3n) is 5.54. The van der Waals surface area contributed by atoms with Gasteiger partial charge in [0.25, 0.3) is 5.91 Å². The molecule has 3 rings (SSSR count). The van der Waals surface area contributed by atoms with Crippen LogP contribution in [0.1, 0.15) is 63.7 Å². The van der Waals surface area contributed by atoms with Crippen LogP contribution in [0.3, 0.4) is 0 Å². The highest BCUT2D eigenvalue weighted by atomic mass is 35.5. The number of aromatic nitrogens is 1. The van der Waals surface area contributed by atoms with Crippen LogP contribution in [0.25, 0.3) is 10.9 Å². The van der Waals surface area contributed by atoms with Crippen molar-refractivity contribution in [2.24, 2.45) is 5.92 Å². The number of amides is 1. The van der Waals surface area contributed by atoms with Gasteiger partial charge in [-0.1, -0.05) is 11.6 Å². The normalized spacial score (nSPS) is 20.4. The smallest absolute Gasteiger partial charge is 0.253 e. The minimum atomic E-state index is -0.653. The van der Waals surface area contributed by atoms with Crippen LogP contribution in [0, 0.1) is 5.92 Å². The minimum Gasteiger partial charge on any atom is -0.390 e. The van der Waals surface area contributed by atoms with E-state index in [0.29, 0.717) is 16.5 Å². The van der Waals surface area contributed by atoms with Crippen molar-refractivity contribution in [2.75, 3.05) is 5.32 Å². The molecule has 1 aliphatic carbocycles. The summed E-state index contributed by atoms with van der Waals surface area (Å²) < 4.78 is 0. The summed E-state index contributed by atoms with van der Waals surface area (Å²) in [6.07, 6.45) is 5.24. The van der Waals surface area contributed by atoms with E-state index in [1.165, 1.54) is 0 Å². The fourth-order valence-corrected chi connectivity index (χ4v) is 4.13. The number of fused-ring (bicyclic) bond motifs is 1. The Hall–Kier alpha value is -1.85. The van der Waals surface area contributed by atoms with Crippen molar-refractivity contribution in [3.8, 4) is 0 Å². The van der Waals surface area contributed by atoms with E-state index in [1.807, 2.05) is 32.0 Å². The largest absolute Gasteiger partial charge is 0.390 e. The number of nitrogens with one attached hydrogen (secondary N) is 2. The number of halogens is 1. The molecule has 1 aromatic carbocycles. The third-order valence-corrected chi connectivity index (χ3v) is 5.85. The molecule has 1 saturated carbocycles. The number of anilines is 1. The Morgan fingerprint density at radius 3 is 2.50 bits per heavy atom. The Morgan fingerprint density at radius 2 is 1.89 bits per heavy atom. The highest BCUT2D eigenvalue weighted by Gasteiger charge is 2.31. The van der Waals surface area contributed by atoms with Crippen LogP contribution < -0.4 is 10.6 Å². The van der Waals surface area contributed by atoms with Gasteiger partial charge < -0.3 is 15.7 Å². The van der Waals surface area contributed by atoms with Crippen molar-refractivity contribution in [1.29, 1.82) is 0 Å². The topological polar surface area (TPSA) is 74.2 Å². The van der Waals surface area contributed by atoms with Gasteiger partial charge in [0.2, 0.25) is 0 Å². The molecule has 0 spiro atoms. The van der Waals surface area contributed by atoms with Gasteiger partial charge in [-0.15, -0.1) is 0 Å². The van der Waals surface area contributed by atoms with Gasteiger partial charge in [-0.05, 0) is 77.5 Å². The van der Waals surface area contributed by atoms with Crippen LogP contribution in [0.15, 0.2) is 24.4 Å². The van der Waals surface area contributed by atoms with E-state index in [4.69, 9.17) is 11.6 Å². The number of hydrogen-bond donors (Lipinski definition) is 3. The first kappa shape index (κ1) is 20.9. The van der Waals surface area contributed by atoms with Crippen molar-refractivity contribution in [3.63, 3.8) is 0 Å². The van der Waals surface area contributed by atoms with Crippen LogP contribution >= 0.6 is 11.6 Å². The number of benzene rings is 1. The predicted octanol–water partition coefficient (Wildman–Crippen LogP) is 4.77. The van der Waals surface area contributed by atoms with E-state index < -0.39 is 5.60 Å². The molecule has 0 unspecified atom stereocenters. The number of aliphatic hydroxyl groups is 1. The Morgan fingerprint density at radius 1 is 1.21 bits per heavy atom. The first-order valence-electron chi connectivity index (χ1n) is 10.0. The van der Waals surface area contributed by atoms with Crippen LogP contribution in [0.5, 0.6) is 0 Å². The summed E-state index contributed by atoms with van der Waals surface area (Å²) in [5.41, 5.74) is 1.53. The molecule has 1 aliphatic rings. The first-order chi connectivity index (χ1) is 13.1. The van der Waals surface area contributed by atoms with Crippen molar-refractivity contribution >= 4 is 34.1 Å². The highest BCUT2D eigenvalue weighted by molar-refractivity contribution is 6.34. The van der Waals surface area contributed by atoms with E-state index in [1.54, 1.807) is 6.20 Å². The zero-order valence-electron chi connectivity index (χ0n) is 17.1. The standard InChI is InChI=1S/C22H30ClN3O2/c1-13(2)25-20-11-19-14(10-18(20)23)9-15(12-24-19)21(27)26-17-7-5-16(6-8-17)22(3,4)28/h9-13,16-17,25,28H,5-8H2,1-4H3,(H,26,27). The van der Waals surface area contributed by atoms with Crippen molar-refractivity contribution < 1.29 is 9.90 Å². The highest BCUT2D eigenvalue weighted by Crippen LogP contribution is 2.33.